The van der Waals surface area contributed by atoms with E-state index in [1.807, 2.05) is 12.3 Å². The highest BCUT2D eigenvalue weighted by Gasteiger charge is 2.38. The summed E-state index contributed by atoms with van der Waals surface area (Å²) in [4.78, 5) is 12.2. The Morgan fingerprint density at radius 2 is 1.26 bits per heavy atom. The maximum Gasteiger partial charge on any atom is 0.313 e. The number of rotatable bonds is 7. The Morgan fingerprint density at radius 3 is 2.05 bits per heavy atom. The third-order valence-corrected chi connectivity index (χ3v) is 13.0. The number of nitrogens with zero attached hydrogens (tertiary/aromatic N) is 5. The Kier molecular flexibility index (Phi) is 9.69. The van der Waals surface area contributed by atoms with Gasteiger partial charge in [-0.1, -0.05) is 151 Å². The number of aromatic nitrogens is 2. The highest BCUT2D eigenvalue weighted by atomic mass is 16.5. The van der Waals surface area contributed by atoms with Crippen molar-refractivity contribution < 1.29 is 4.74 Å². The van der Waals surface area contributed by atoms with Crippen LogP contribution in [0.25, 0.3) is 38.9 Å². The topological polar surface area (TPSA) is 36.8 Å². The molecule has 0 atom stereocenters. The number of fused-ring (bicyclic) bond motifs is 5. The normalized spacial score (nSPS) is 15.0. The average Bonchev–Trinajstić information content (AvgIpc) is 3.87. The average molecular weight is 846 g/mol. The zero-order chi connectivity index (χ0) is 44.5. The third kappa shape index (κ3) is 7.21. The number of pyridine rings is 1. The quantitative estimate of drug-likeness (QED) is 0.149. The van der Waals surface area contributed by atoms with Crippen molar-refractivity contribution in [2.45, 2.75) is 52.4 Å². The van der Waals surface area contributed by atoms with Crippen molar-refractivity contribution in [3.05, 3.63) is 222 Å². The summed E-state index contributed by atoms with van der Waals surface area (Å²) in [6.45, 7) is 14.2. The molecule has 0 saturated heterocycles. The Bertz CT molecular complexity index is 3250. The second-order valence-electron chi connectivity index (χ2n) is 19.4. The molecule has 11 rings (SSSR count). The molecule has 2 aromatic heterocycles. The summed E-state index contributed by atoms with van der Waals surface area (Å²) >= 11 is 0. The van der Waals surface area contributed by atoms with Gasteiger partial charge in [0.2, 0.25) is 0 Å². The SMILES string of the molecule is CC(C)(C)c1ccc(C2=C(N3CN(c4cccc(Oc5ccc6c7ccccc7n(-c7cc(C(C)(C)C)ccn7)c6c5)c4)c4ccccc43)C(c3ccccc3)=CB3C=CC=CN32)cc1. The molecule has 0 saturated carbocycles. The predicted molar refractivity (Wildman–Crippen MR) is 272 cm³/mol. The number of allylic oxidation sites excluding steroid dienone is 3. The van der Waals surface area contributed by atoms with Crippen LogP contribution in [-0.2, 0) is 10.8 Å². The van der Waals surface area contributed by atoms with Crippen LogP contribution >= 0.6 is 0 Å². The van der Waals surface area contributed by atoms with Gasteiger partial charge >= 0.3 is 6.85 Å². The van der Waals surface area contributed by atoms with Gasteiger partial charge in [-0.2, -0.15) is 0 Å². The summed E-state index contributed by atoms with van der Waals surface area (Å²) in [5.41, 5.74) is 14.0. The van der Waals surface area contributed by atoms with Crippen LogP contribution in [0.15, 0.2) is 200 Å². The van der Waals surface area contributed by atoms with Crippen molar-refractivity contribution >= 4 is 57.0 Å². The molecular formula is C58H52BN5O. The van der Waals surface area contributed by atoms with E-state index in [2.05, 4.69) is 243 Å². The van der Waals surface area contributed by atoms with Crippen LogP contribution in [0.1, 0.15) is 63.8 Å². The lowest BCUT2D eigenvalue weighted by atomic mass is 9.55. The molecule has 8 aromatic rings. The predicted octanol–water partition coefficient (Wildman–Crippen LogP) is 14.4. The molecule has 0 spiro atoms. The van der Waals surface area contributed by atoms with Gasteiger partial charge in [-0.05, 0) is 106 Å². The van der Waals surface area contributed by atoms with E-state index in [4.69, 9.17) is 9.72 Å². The van der Waals surface area contributed by atoms with Gasteiger partial charge in [0, 0.05) is 34.8 Å². The van der Waals surface area contributed by atoms with E-state index in [0.717, 1.165) is 50.8 Å². The van der Waals surface area contributed by atoms with Crippen molar-refractivity contribution in [3.63, 3.8) is 0 Å². The van der Waals surface area contributed by atoms with E-state index in [1.54, 1.807) is 0 Å². The van der Waals surface area contributed by atoms with Crippen molar-refractivity contribution in [1.82, 2.24) is 14.4 Å². The number of para-hydroxylation sites is 3. The van der Waals surface area contributed by atoms with Gasteiger partial charge in [0.15, 0.2) is 0 Å². The molecule has 0 amide bonds. The largest absolute Gasteiger partial charge is 0.457 e. The Labute approximate surface area is 382 Å². The number of anilines is 3. The molecule has 65 heavy (non-hydrogen) atoms. The molecule has 6 nitrogen and oxygen atoms in total. The fourth-order valence-corrected chi connectivity index (χ4v) is 9.65. The highest BCUT2D eigenvalue weighted by Crippen LogP contribution is 2.49. The van der Waals surface area contributed by atoms with Gasteiger partial charge in [0.1, 0.15) is 24.0 Å². The summed E-state index contributed by atoms with van der Waals surface area (Å²) < 4.78 is 9.08. The number of hydrogen-bond acceptors (Lipinski definition) is 5. The minimum absolute atomic E-state index is 0.0111. The third-order valence-electron chi connectivity index (χ3n) is 13.0. The van der Waals surface area contributed by atoms with E-state index in [-0.39, 0.29) is 17.7 Å². The summed E-state index contributed by atoms with van der Waals surface area (Å²) in [7, 11) is 0. The first-order valence-corrected chi connectivity index (χ1v) is 22.7. The van der Waals surface area contributed by atoms with Gasteiger partial charge in [0.05, 0.1) is 33.8 Å². The molecule has 0 N–H and O–H groups in total. The first-order valence-electron chi connectivity index (χ1n) is 22.7. The lowest BCUT2D eigenvalue weighted by molar-refractivity contribution is 0.483. The van der Waals surface area contributed by atoms with Crippen molar-refractivity contribution in [2.75, 3.05) is 16.5 Å². The maximum absolute atomic E-state index is 6.81. The van der Waals surface area contributed by atoms with Crippen molar-refractivity contribution in [2.24, 2.45) is 0 Å². The molecule has 6 aromatic carbocycles. The van der Waals surface area contributed by atoms with Crippen LogP contribution in [0, 0.1) is 0 Å². The Hall–Kier alpha value is -7.51. The molecule has 3 aliphatic rings. The van der Waals surface area contributed by atoms with Gasteiger partial charge in [-0.15, -0.1) is 0 Å². The van der Waals surface area contributed by atoms with Crippen LogP contribution < -0.4 is 14.5 Å². The number of benzene rings is 6. The molecular weight excluding hydrogens is 793 g/mol. The Morgan fingerprint density at radius 1 is 0.554 bits per heavy atom. The van der Waals surface area contributed by atoms with E-state index >= 15 is 0 Å². The fraction of sp³-hybridized carbons (Fsp3) is 0.155. The van der Waals surface area contributed by atoms with Crippen LogP contribution in [0.5, 0.6) is 11.5 Å². The second-order valence-corrected chi connectivity index (χ2v) is 19.4. The molecule has 5 heterocycles. The van der Waals surface area contributed by atoms with Gasteiger partial charge in [-0.3, -0.25) is 4.57 Å². The Balaban J connectivity index is 0.994. The van der Waals surface area contributed by atoms with E-state index in [9.17, 15) is 0 Å². The molecule has 0 unspecified atom stereocenters. The summed E-state index contributed by atoms with van der Waals surface area (Å²) in [5.74, 6) is 7.14. The van der Waals surface area contributed by atoms with E-state index in [0.29, 0.717) is 6.67 Å². The molecule has 3 aliphatic heterocycles. The second kappa shape index (κ2) is 15.6. The van der Waals surface area contributed by atoms with Crippen molar-refractivity contribution in [1.29, 1.82) is 0 Å². The minimum atomic E-state index is -0.0111. The zero-order valence-corrected chi connectivity index (χ0v) is 37.9. The minimum Gasteiger partial charge on any atom is -0.457 e. The first kappa shape index (κ1) is 40.3. The number of ether oxygens (including phenoxy) is 1. The van der Waals surface area contributed by atoms with Crippen molar-refractivity contribution in [3.8, 4) is 17.3 Å². The molecule has 318 valence electrons. The van der Waals surface area contributed by atoms with Crippen LogP contribution in [-0.4, -0.2) is 27.9 Å². The molecule has 0 radical (unpaired) electrons. The van der Waals surface area contributed by atoms with Crippen LogP contribution in [0.2, 0.25) is 0 Å². The summed E-state index contributed by atoms with van der Waals surface area (Å²) in [6.07, 6.45) is 8.46. The monoisotopic (exact) mass is 845 g/mol. The summed E-state index contributed by atoms with van der Waals surface area (Å²) in [6, 6.07) is 56.7. The highest BCUT2D eigenvalue weighted by molar-refractivity contribution is 6.70. The van der Waals surface area contributed by atoms with Gasteiger partial charge in [0.25, 0.3) is 0 Å². The number of hydrogen-bond donors (Lipinski definition) is 0. The van der Waals surface area contributed by atoms with Crippen LogP contribution in [0.3, 0.4) is 0 Å². The molecule has 7 heteroatoms. The molecule has 0 bridgehead atoms. The lowest BCUT2D eigenvalue weighted by Crippen LogP contribution is -2.40. The van der Waals surface area contributed by atoms with Crippen LogP contribution in [0.4, 0.5) is 17.1 Å². The van der Waals surface area contributed by atoms with E-state index < -0.39 is 0 Å². The molecule has 0 aliphatic carbocycles. The first-order chi connectivity index (χ1) is 31.5. The fourth-order valence-electron chi connectivity index (χ4n) is 9.65. The maximum atomic E-state index is 6.81. The van der Waals surface area contributed by atoms with Gasteiger partial charge in [-0.25, -0.2) is 4.98 Å². The molecule has 0 fully saturated rings. The summed E-state index contributed by atoms with van der Waals surface area (Å²) in [5, 5.41) is 2.34. The zero-order valence-electron chi connectivity index (χ0n) is 37.9. The lowest BCUT2D eigenvalue weighted by Gasteiger charge is -2.40. The smallest absolute Gasteiger partial charge is 0.313 e. The van der Waals surface area contributed by atoms with E-state index in [1.165, 1.54) is 44.6 Å². The standard InChI is InChI=1S/C58H52BN5O/c1-57(2,3)42-27-25-41(26-28-42)55-56(49(40-17-8-7-9-18-40)38-59-32-14-15-34-63(55)59)62-39-61(51-23-12-13-24-52(51)62)44-19-16-20-45(36-44)65-46-29-30-48-47-21-10-11-22-50(47)64(53(48)37-46)54-35-43(31-33-60-54)58(4,5)6/h7-38H,39H2,1-6H3. The van der Waals surface area contributed by atoms with Gasteiger partial charge < -0.3 is 19.3 Å².